The van der Waals surface area contributed by atoms with Crippen molar-refractivity contribution in [3.63, 3.8) is 0 Å². The summed E-state index contributed by atoms with van der Waals surface area (Å²) < 4.78 is 0. The van der Waals surface area contributed by atoms with Crippen LogP contribution in [0.5, 0.6) is 0 Å². The molecule has 0 atom stereocenters. The molecular weight excluding hydrogens is 196 g/mol. The first-order chi connectivity index (χ1) is 6.79. The molecule has 1 aromatic heterocycles. The predicted octanol–water partition coefficient (Wildman–Crippen LogP) is 3.11. The zero-order valence-corrected chi connectivity index (χ0v) is 8.49. The highest BCUT2D eigenvalue weighted by atomic mass is 35.5. The van der Waals surface area contributed by atoms with Crippen LogP contribution in [0.2, 0.25) is 5.02 Å². The van der Waals surface area contributed by atoms with Gasteiger partial charge in [-0.05, 0) is 12.5 Å². The van der Waals surface area contributed by atoms with Gasteiger partial charge in [0.25, 0.3) is 0 Å². The zero-order chi connectivity index (χ0) is 9.97. The third kappa shape index (κ3) is 1.61. The molecule has 0 spiro atoms. The number of halogens is 1. The van der Waals surface area contributed by atoms with E-state index in [1.807, 2.05) is 37.3 Å². The van der Waals surface area contributed by atoms with Crippen molar-refractivity contribution in [1.29, 1.82) is 0 Å². The number of rotatable bonds is 1. The summed E-state index contributed by atoms with van der Waals surface area (Å²) in [4.78, 5) is 0. The Bertz CT molecular complexity index is 420. The van der Waals surface area contributed by atoms with Crippen LogP contribution in [-0.2, 0) is 0 Å². The molecule has 0 aliphatic rings. The van der Waals surface area contributed by atoms with Crippen molar-refractivity contribution in [1.82, 2.24) is 10.2 Å². The molecule has 14 heavy (non-hydrogen) atoms. The van der Waals surface area contributed by atoms with Gasteiger partial charge >= 0.3 is 0 Å². The number of aryl methyl sites for hydroxylation is 1. The van der Waals surface area contributed by atoms with E-state index in [1.165, 1.54) is 0 Å². The molecule has 2 rings (SSSR count). The van der Waals surface area contributed by atoms with Crippen molar-refractivity contribution in [2.45, 2.75) is 6.92 Å². The van der Waals surface area contributed by atoms with Crippen LogP contribution < -0.4 is 0 Å². The largest absolute Gasteiger partial charge is 0.157 e. The Morgan fingerprint density at radius 2 is 1.86 bits per heavy atom. The van der Waals surface area contributed by atoms with E-state index < -0.39 is 0 Å². The van der Waals surface area contributed by atoms with Crippen LogP contribution >= 0.6 is 11.6 Å². The van der Waals surface area contributed by atoms with E-state index in [-0.39, 0.29) is 0 Å². The maximum absolute atomic E-state index is 6.06. The highest BCUT2D eigenvalue weighted by Crippen LogP contribution is 2.28. The van der Waals surface area contributed by atoms with Gasteiger partial charge in [0, 0.05) is 5.56 Å². The van der Waals surface area contributed by atoms with Crippen molar-refractivity contribution < 1.29 is 0 Å². The number of benzene rings is 1. The lowest BCUT2D eigenvalue weighted by Crippen LogP contribution is -1.91. The molecule has 2 nitrogen and oxygen atoms in total. The number of nitrogens with zero attached hydrogens (tertiary/aromatic N) is 2. The fraction of sp³-hybridized carbons (Fsp3) is 0.0909. The van der Waals surface area contributed by atoms with Gasteiger partial charge in [-0.1, -0.05) is 41.9 Å². The Hall–Kier alpha value is -1.41. The minimum atomic E-state index is 0.642. The second kappa shape index (κ2) is 3.76. The fourth-order valence-corrected chi connectivity index (χ4v) is 1.69. The lowest BCUT2D eigenvalue weighted by molar-refractivity contribution is 0.984. The summed E-state index contributed by atoms with van der Waals surface area (Å²) >= 11 is 6.06. The molecule has 2 aromatic rings. The van der Waals surface area contributed by atoms with Gasteiger partial charge in [-0.2, -0.15) is 10.2 Å². The van der Waals surface area contributed by atoms with Crippen molar-refractivity contribution in [2.75, 3.05) is 0 Å². The molecule has 0 aliphatic heterocycles. The molecule has 0 saturated heterocycles. The first-order valence-corrected chi connectivity index (χ1v) is 4.70. The van der Waals surface area contributed by atoms with E-state index in [4.69, 9.17) is 11.6 Å². The summed E-state index contributed by atoms with van der Waals surface area (Å²) in [5.74, 6) is 0. The first-order valence-electron chi connectivity index (χ1n) is 4.32. The highest BCUT2D eigenvalue weighted by Gasteiger charge is 2.07. The minimum absolute atomic E-state index is 0.642. The smallest absolute Gasteiger partial charge is 0.0704 e. The predicted molar refractivity (Wildman–Crippen MR) is 57.2 cm³/mol. The van der Waals surface area contributed by atoms with Crippen LogP contribution in [0.1, 0.15) is 5.69 Å². The second-order valence-electron chi connectivity index (χ2n) is 3.02. The maximum Gasteiger partial charge on any atom is 0.0704 e. The number of hydrogen-bond acceptors (Lipinski definition) is 2. The van der Waals surface area contributed by atoms with E-state index >= 15 is 0 Å². The third-order valence-electron chi connectivity index (χ3n) is 2.04. The van der Waals surface area contributed by atoms with Crippen LogP contribution in [0.4, 0.5) is 0 Å². The lowest BCUT2D eigenvalue weighted by atomic mass is 10.1. The number of hydrogen-bond donors (Lipinski definition) is 0. The molecule has 0 saturated carbocycles. The molecule has 70 valence electrons. The Morgan fingerprint density at radius 3 is 2.50 bits per heavy atom. The molecule has 0 bridgehead atoms. The third-order valence-corrected chi connectivity index (χ3v) is 2.33. The molecule has 0 unspecified atom stereocenters. The summed E-state index contributed by atoms with van der Waals surface area (Å²) in [5.41, 5.74) is 2.89. The molecule has 1 aromatic carbocycles. The standard InChI is InChI=1S/C11H9ClN2/c1-8-11(10(12)7-13-14-8)9-5-3-2-4-6-9/h2-7H,1H3. The molecule has 3 heteroatoms. The Kier molecular flexibility index (Phi) is 2.46. The van der Waals surface area contributed by atoms with E-state index in [9.17, 15) is 0 Å². The van der Waals surface area contributed by atoms with Crippen molar-refractivity contribution in [2.24, 2.45) is 0 Å². The molecule has 0 radical (unpaired) electrons. The average molecular weight is 205 g/mol. The molecule has 0 N–H and O–H groups in total. The monoisotopic (exact) mass is 204 g/mol. The average Bonchev–Trinajstić information content (AvgIpc) is 2.19. The van der Waals surface area contributed by atoms with Crippen molar-refractivity contribution in [3.05, 3.63) is 47.2 Å². The first kappa shape index (κ1) is 9.16. The van der Waals surface area contributed by atoms with Crippen molar-refractivity contribution >= 4 is 11.6 Å². The van der Waals surface area contributed by atoms with Gasteiger partial charge in [0.2, 0.25) is 0 Å². The van der Waals surface area contributed by atoms with E-state index in [0.29, 0.717) is 5.02 Å². The number of aromatic nitrogens is 2. The van der Waals surface area contributed by atoms with Gasteiger partial charge in [0.1, 0.15) is 0 Å². The van der Waals surface area contributed by atoms with Gasteiger partial charge < -0.3 is 0 Å². The molecule has 1 heterocycles. The van der Waals surface area contributed by atoms with Gasteiger partial charge in [0.15, 0.2) is 0 Å². The summed E-state index contributed by atoms with van der Waals surface area (Å²) in [6, 6.07) is 9.95. The van der Waals surface area contributed by atoms with Crippen LogP contribution in [0.25, 0.3) is 11.1 Å². The topological polar surface area (TPSA) is 25.8 Å². The quantitative estimate of drug-likeness (QED) is 0.714. The van der Waals surface area contributed by atoms with E-state index in [1.54, 1.807) is 6.20 Å². The van der Waals surface area contributed by atoms with Crippen LogP contribution in [-0.4, -0.2) is 10.2 Å². The lowest BCUT2D eigenvalue weighted by Gasteiger charge is -2.05. The zero-order valence-electron chi connectivity index (χ0n) is 7.74. The van der Waals surface area contributed by atoms with Crippen LogP contribution in [0.3, 0.4) is 0 Å². The maximum atomic E-state index is 6.06. The van der Waals surface area contributed by atoms with Gasteiger partial charge in [0.05, 0.1) is 16.9 Å². The van der Waals surface area contributed by atoms with Crippen molar-refractivity contribution in [3.8, 4) is 11.1 Å². The van der Waals surface area contributed by atoms with E-state index in [0.717, 1.165) is 16.8 Å². The molecule has 0 fully saturated rings. The Labute approximate surface area is 87.6 Å². The Balaban J connectivity index is 2.63. The summed E-state index contributed by atoms with van der Waals surface area (Å²) in [6.07, 6.45) is 1.57. The Morgan fingerprint density at radius 1 is 1.14 bits per heavy atom. The molecular formula is C11H9ClN2. The minimum Gasteiger partial charge on any atom is -0.157 e. The molecule has 0 aliphatic carbocycles. The summed E-state index contributed by atoms with van der Waals surface area (Å²) in [7, 11) is 0. The van der Waals surface area contributed by atoms with Gasteiger partial charge in [-0.15, -0.1) is 0 Å². The SMILES string of the molecule is Cc1nncc(Cl)c1-c1ccccc1. The van der Waals surface area contributed by atoms with Gasteiger partial charge in [-0.25, -0.2) is 0 Å². The normalized spacial score (nSPS) is 10.1. The van der Waals surface area contributed by atoms with Crippen LogP contribution in [0.15, 0.2) is 36.5 Å². The fourth-order valence-electron chi connectivity index (χ4n) is 1.41. The highest BCUT2D eigenvalue weighted by molar-refractivity contribution is 6.33. The van der Waals surface area contributed by atoms with Gasteiger partial charge in [-0.3, -0.25) is 0 Å². The second-order valence-corrected chi connectivity index (χ2v) is 3.43. The van der Waals surface area contributed by atoms with E-state index in [2.05, 4.69) is 10.2 Å². The summed E-state index contributed by atoms with van der Waals surface area (Å²) in [6.45, 7) is 1.90. The van der Waals surface area contributed by atoms with Crippen LogP contribution in [0, 0.1) is 6.92 Å². The molecule has 0 amide bonds. The summed E-state index contributed by atoms with van der Waals surface area (Å²) in [5, 5.41) is 8.41.